The Morgan fingerprint density at radius 3 is 2.52 bits per heavy atom. The number of halogens is 2. The molecule has 2 N–H and O–H groups in total. The van der Waals surface area contributed by atoms with E-state index in [0.717, 1.165) is 6.07 Å². The molecule has 0 heterocycles. The van der Waals surface area contributed by atoms with E-state index in [1.807, 2.05) is 0 Å². The summed E-state index contributed by atoms with van der Waals surface area (Å²) in [5, 5.41) is 0. The lowest BCUT2D eigenvalue weighted by molar-refractivity contribution is -0.147. The molecule has 120 valence electrons. The first-order chi connectivity index (χ1) is 11.0. The van der Waals surface area contributed by atoms with E-state index in [-0.39, 0.29) is 16.9 Å². The van der Waals surface area contributed by atoms with Crippen molar-refractivity contribution in [1.82, 2.24) is 0 Å². The zero-order valence-electron chi connectivity index (χ0n) is 11.9. The van der Waals surface area contributed by atoms with Gasteiger partial charge in [0.2, 0.25) is 0 Å². The Kier molecular flexibility index (Phi) is 5.24. The van der Waals surface area contributed by atoms with Crippen LogP contribution in [0.5, 0.6) is 5.75 Å². The predicted octanol–water partition coefficient (Wildman–Crippen LogP) is 2.19. The molecule has 0 spiro atoms. The Balaban J connectivity index is 1.91. The van der Waals surface area contributed by atoms with Crippen LogP contribution in [-0.4, -0.2) is 18.5 Å². The summed E-state index contributed by atoms with van der Waals surface area (Å²) < 4.78 is 36.4. The van der Waals surface area contributed by atoms with Crippen LogP contribution in [0, 0.1) is 11.6 Å². The molecule has 2 aromatic carbocycles. The summed E-state index contributed by atoms with van der Waals surface area (Å²) in [5.74, 6) is -3.46. The van der Waals surface area contributed by atoms with E-state index in [2.05, 4.69) is 0 Å². The summed E-state index contributed by atoms with van der Waals surface area (Å²) in [6.07, 6.45) is 0. The standard InChI is InChI=1S/C16H13F2NO4/c17-12-6-3-4-10(15(12)18)8-23-14(20)9-22-13-7-2-1-5-11(13)16(19)21/h1-7H,8-9H2,(H2,19,21). The Bertz CT molecular complexity index is 734. The summed E-state index contributed by atoms with van der Waals surface area (Å²) in [5.41, 5.74) is 5.21. The van der Waals surface area contributed by atoms with E-state index < -0.39 is 36.7 Å². The number of para-hydroxylation sites is 1. The molecule has 0 aromatic heterocycles. The van der Waals surface area contributed by atoms with Crippen LogP contribution in [0.3, 0.4) is 0 Å². The number of benzene rings is 2. The fourth-order valence-electron chi connectivity index (χ4n) is 1.79. The number of hydrogen-bond acceptors (Lipinski definition) is 4. The monoisotopic (exact) mass is 321 g/mol. The van der Waals surface area contributed by atoms with Gasteiger partial charge in [0.05, 0.1) is 5.56 Å². The van der Waals surface area contributed by atoms with Crippen molar-refractivity contribution < 1.29 is 27.8 Å². The fraction of sp³-hybridized carbons (Fsp3) is 0.125. The Hall–Kier alpha value is -2.96. The second-order valence-corrected chi connectivity index (χ2v) is 4.52. The van der Waals surface area contributed by atoms with Crippen molar-refractivity contribution in [3.8, 4) is 5.75 Å². The van der Waals surface area contributed by atoms with Crippen molar-refractivity contribution >= 4 is 11.9 Å². The maximum absolute atomic E-state index is 13.4. The highest BCUT2D eigenvalue weighted by Gasteiger charge is 2.13. The molecule has 1 amide bonds. The topological polar surface area (TPSA) is 78.6 Å². The van der Waals surface area contributed by atoms with Gasteiger partial charge in [0.15, 0.2) is 18.2 Å². The molecule has 5 nitrogen and oxygen atoms in total. The van der Waals surface area contributed by atoms with E-state index >= 15 is 0 Å². The number of rotatable bonds is 6. The number of amides is 1. The Labute approximate surface area is 130 Å². The van der Waals surface area contributed by atoms with Crippen molar-refractivity contribution in [1.29, 1.82) is 0 Å². The molecule has 2 aromatic rings. The second kappa shape index (κ2) is 7.35. The maximum atomic E-state index is 13.4. The average Bonchev–Trinajstić information content (AvgIpc) is 2.54. The van der Waals surface area contributed by atoms with Crippen LogP contribution in [-0.2, 0) is 16.1 Å². The van der Waals surface area contributed by atoms with E-state index in [1.165, 1.54) is 24.3 Å². The van der Waals surface area contributed by atoms with Crippen LogP contribution < -0.4 is 10.5 Å². The Morgan fingerprint density at radius 2 is 1.78 bits per heavy atom. The minimum Gasteiger partial charge on any atom is -0.481 e. The van der Waals surface area contributed by atoms with Gasteiger partial charge in [0.1, 0.15) is 12.4 Å². The number of esters is 1. The third-order valence-corrected chi connectivity index (χ3v) is 2.92. The Morgan fingerprint density at radius 1 is 1.04 bits per heavy atom. The van der Waals surface area contributed by atoms with E-state index in [9.17, 15) is 18.4 Å². The number of nitrogens with two attached hydrogens (primary N) is 1. The summed E-state index contributed by atoms with van der Waals surface area (Å²) >= 11 is 0. The summed E-state index contributed by atoms with van der Waals surface area (Å²) in [7, 11) is 0. The highest BCUT2D eigenvalue weighted by Crippen LogP contribution is 2.17. The van der Waals surface area contributed by atoms with Crippen molar-refractivity contribution in [2.75, 3.05) is 6.61 Å². The zero-order valence-corrected chi connectivity index (χ0v) is 11.9. The van der Waals surface area contributed by atoms with Gasteiger partial charge < -0.3 is 15.2 Å². The smallest absolute Gasteiger partial charge is 0.344 e. The molecule has 23 heavy (non-hydrogen) atoms. The second-order valence-electron chi connectivity index (χ2n) is 4.52. The van der Waals surface area contributed by atoms with Crippen molar-refractivity contribution in [2.24, 2.45) is 5.73 Å². The number of carbonyl (C=O) groups is 2. The SMILES string of the molecule is NC(=O)c1ccccc1OCC(=O)OCc1cccc(F)c1F. The van der Waals surface area contributed by atoms with Gasteiger partial charge in [-0.15, -0.1) is 0 Å². The molecule has 0 atom stereocenters. The maximum Gasteiger partial charge on any atom is 0.344 e. The molecule has 0 saturated heterocycles. The molecule has 0 saturated carbocycles. The minimum absolute atomic E-state index is 0.0871. The van der Waals surface area contributed by atoms with E-state index in [1.54, 1.807) is 12.1 Å². The number of hydrogen-bond donors (Lipinski definition) is 1. The van der Waals surface area contributed by atoms with Crippen molar-refractivity contribution in [3.63, 3.8) is 0 Å². The molecule has 0 bridgehead atoms. The lowest BCUT2D eigenvalue weighted by Gasteiger charge is -2.10. The molecule has 0 aliphatic carbocycles. The molecule has 2 rings (SSSR count). The summed E-state index contributed by atoms with van der Waals surface area (Å²) in [4.78, 5) is 22.8. The van der Waals surface area contributed by atoms with Crippen LogP contribution >= 0.6 is 0 Å². The minimum atomic E-state index is -1.07. The quantitative estimate of drug-likeness (QED) is 0.827. The van der Waals surface area contributed by atoms with Crippen LogP contribution in [0.2, 0.25) is 0 Å². The highest BCUT2D eigenvalue weighted by atomic mass is 19.2. The average molecular weight is 321 g/mol. The van der Waals surface area contributed by atoms with Gasteiger partial charge in [-0.2, -0.15) is 0 Å². The first-order valence-corrected chi connectivity index (χ1v) is 6.59. The molecular formula is C16H13F2NO4. The van der Waals surface area contributed by atoms with Gasteiger partial charge in [0.25, 0.3) is 5.91 Å². The number of primary amides is 1. The van der Waals surface area contributed by atoms with Gasteiger partial charge in [-0.3, -0.25) is 4.79 Å². The molecular weight excluding hydrogens is 308 g/mol. The third kappa shape index (κ3) is 4.26. The van der Waals surface area contributed by atoms with E-state index in [0.29, 0.717) is 0 Å². The lowest BCUT2D eigenvalue weighted by atomic mass is 10.2. The van der Waals surface area contributed by atoms with E-state index in [4.69, 9.17) is 15.2 Å². The van der Waals surface area contributed by atoms with Gasteiger partial charge in [-0.05, 0) is 18.2 Å². The zero-order chi connectivity index (χ0) is 16.8. The first kappa shape index (κ1) is 16.4. The molecule has 0 aliphatic rings. The van der Waals surface area contributed by atoms with Crippen LogP contribution in [0.15, 0.2) is 42.5 Å². The van der Waals surface area contributed by atoms with Gasteiger partial charge in [-0.1, -0.05) is 24.3 Å². The summed E-state index contributed by atoms with van der Waals surface area (Å²) in [6, 6.07) is 9.69. The largest absolute Gasteiger partial charge is 0.481 e. The fourth-order valence-corrected chi connectivity index (χ4v) is 1.79. The predicted molar refractivity (Wildman–Crippen MR) is 76.6 cm³/mol. The number of carbonyl (C=O) groups excluding carboxylic acids is 2. The first-order valence-electron chi connectivity index (χ1n) is 6.59. The number of ether oxygens (including phenoxy) is 2. The van der Waals surface area contributed by atoms with Crippen molar-refractivity contribution in [3.05, 3.63) is 65.2 Å². The molecule has 7 heteroatoms. The van der Waals surface area contributed by atoms with Gasteiger partial charge in [0, 0.05) is 5.56 Å². The van der Waals surface area contributed by atoms with Crippen LogP contribution in [0.1, 0.15) is 15.9 Å². The van der Waals surface area contributed by atoms with Crippen LogP contribution in [0.4, 0.5) is 8.78 Å². The van der Waals surface area contributed by atoms with Gasteiger partial charge >= 0.3 is 5.97 Å². The van der Waals surface area contributed by atoms with Crippen molar-refractivity contribution in [2.45, 2.75) is 6.61 Å². The highest BCUT2D eigenvalue weighted by molar-refractivity contribution is 5.95. The molecule has 0 fully saturated rings. The van der Waals surface area contributed by atoms with Gasteiger partial charge in [-0.25, -0.2) is 13.6 Å². The molecule has 0 unspecified atom stereocenters. The lowest BCUT2D eigenvalue weighted by Crippen LogP contribution is -2.18. The molecule has 0 radical (unpaired) electrons. The van der Waals surface area contributed by atoms with Crippen LogP contribution in [0.25, 0.3) is 0 Å². The summed E-state index contributed by atoms with van der Waals surface area (Å²) in [6.45, 7) is -0.926. The normalized spacial score (nSPS) is 10.2. The third-order valence-electron chi connectivity index (χ3n) is 2.92. The molecule has 0 aliphatic heterocycles.